The van der Waals surface area contributed by atoms with Gasteiger partial charge in [0.2, 0.25) is 5.91 Å². The van der Waals surface area contributed by atoms with Crippen LogP contribution in [0.25, 0.3) is 0 Å². The van der Waals surface area contributed by atoms with Crippen LogP contribution >= 0.6 is 0 Å². The van der Waals surface area contributed by atoms with Crippen molar-refractivity contribution in [3.63, 3.8) is 0 Å². The lowest BCUT2D eigenvalue weighted by Gasteiger charge is -2.32. The first-order valence-electron chi connectivity index (χ1n) is 10.5. The van der Waals surface area contributed by atoms with Crippen LogP contribution < -0.4 is 9.80 Å². The first-order chi connectivity index (χ1) is 12.8. The molecule has 1 aromatic rings. The lowest BCUT2D eigenvalue weighted by molar-refractivity contribution is -0.119. The highest BCUT2D eigenvalue weighted by atomic mass is 16.5. The van der Waals surface area contributed by atoms with E-state index in [0.29, 0.717) is 19.1 Å². The third-order valence-electron chi connectivity index (χ3n) is 5.78. The van der Waals surface area contributed by atoms with E-state index < -0.39 is 0 Å². The third-order valence-corrected chi connectivity index (χ3v) is 5.78. The van der Waals surface area contributed by atoms with Crippen molar-refractivity contribution in [2.24, 2.45) is 0 Å². The first-order valence-corrected chi connectivity index (χ1v) is 10.5. The fourth-order valence-electron chi connectivity index (χ4n) is 4.38. The van der Waals surface area contributed by atoms with E-state index in [-0.39, 0.29) is 5.91 Å². The normalized spacial score (nSPS) is 18.7. The number of hydrogen-bond acceptors (Lipinski definition) is 3. The van der Waals surface area contributed by atoms with E-state index in [1.807, 2.05) is 0 Å². The Balaban J connectivity index is 1.81. The molecule has 0 aromatic heterocycles. The van der Waals surface area contributed by atoms with Crippen LogP contribution in [-0.4, -0.2) is 38.8 Å². The predicted octanol–water partition coefficient (Wildman–Crippen LogP) is 4.77. The van der Waals surface area contributed by atoms with Gasteiger partial charge in [-0.2, -0.15) is 0 Å². The Morgan fingerprint density at radius 1 is 1.12 bits per heavy atom. The Labute approximate surface area is 158 Å². The maximum Gasteiger partial charge on any atom is 0.227 e. The molecule has 0 atom stereocenters. The van der Waals surface area contributed by atoms with Gasteiger partial charge in [-0.3, -0.25) is 4.79 Å². The summed E-state index contributed by atoms with van der Waals surface area (Å²) in [5.74, 6) is 0.257. The van der Waals surface area contributed by atoms with Crippen molar-refractivity contribution in [2.45, 2.75) is 70.3 Å². The number of nitrogens with zero attached hydrogens (tertiary/aromatic N) is 2. The largest absolute Gasteiger partial charge is 0.385 e. The van der Waals surface area contributed by atoms with Gasteiger partial charge < -0.3 is 14.5 Å². The van der Waals surface area contributed by atoms with Crippen LogP contribution in [0, 0.1) is 0 Å². The zero-order valence-electron chi connectivity index (χ0n) is 16.3. The molecule has 1 aromatic carbocycles. The molecule has 1 heterocycles. The zero-order chi connectivity index (χ0) is 18.2. The Bertz CT molecular complexity index is 561. The van der Waals surface area contributed by atoms with Gasteiger partial charge >= 0.3 is 0 Å². The van der Waals surface area contributed by atoms with E-state index in [4.69, 9.17) is 4.74 Å². The second kappa shape index (κ2) is 9.96. The van der Waals surface area contributed by atoms with Crippen LogP contribution in [0.4, 0.5) is 11.4 Å². The molecule has 26 heavy (non-hydrogen) atoms. The number of rotatable bonds is 7. The molecule has 2 aliphatic rings. The predicted molar refractivity (Wildman–Crippen MR) is 108 cm³/mol. The number of methoxy groups -OCH3 is 1. The summed E-state index contributed by atoms with van der Waals surface area (Å²) >= 11 is 0. The molecule has 1 saturated heterocycles. The monoisotopic (exact) mass is 358 g/mol. The average Bonchev–Trinajstić information content (AvgIpc) is 3.07. The van der Waals surface area contributed by atoms with Crippen LogP contribution in [0.5, 0.6) is 0 Å². The molecule has 1 aliphatic heterocycles. The summed E-state index contributed by atoms with van der Waals surface area (Å²) in [5.41, 5.74) is 2.35. The van der Waals surface area contributed by atoms with Gasteiger partial charge in [0.15, 0.2) is 0 Å². The summed E-state index contributed by atoms with van der Waals surface area (Å²) < 4.78 is 5.15. The highest BCUT2D eigenvalue weighted by Gasteiger charge is 2.26. The van der Waals surface area contributed by atoms with Crippen molar-refractivity contribution in [1.29, 1.82) is 0 Å². The van der Waals surface area contributed by atoms with Gasteiger partial charge in [-0.15, -0.1) is 0 Å². The second-order valence-corrected chi connectivity index (χ2v) is 7.72. The highest BCUT2D eigenvalue weighted by molar-refractivity contribution is 5.94. The molecular formula is C22H34N2O2. The summed E-state index contributed by atoms with van der Waals surface area (Å²) in [7, 11) is 1.70. The van der Waals surface area contributed by atoms with Gasteiger partial charge in [0.05, 0.1) is 0 Å². The first kappa shape index (κ1) is 19.2. The van der Waals surface area contributed by atoms with Crippen LogP contribution in [0.1, 0.15) is 64.2 Å². The Hall–Kier alpha value is -1.55. The summed E-state index contributed by atoms with van der Waals surface area (Å²) in [6.45, 7) is 2.92. The Kier molecular flexibility index (Phi) is 7.36. The molecule has 1 aliphatic carbocycles. The molecule has 0 bridgehead atoms. The number of anilines is 2. The van der Waals surface area contributed by atoms with Gasteiger partial charge in [-0.25, -0.2) is 0 Å². The van der Waals surface area contributed by atoms with Crippen LogP contribution in [0.3, 0.4) is 0 Å². The van der Waals surface area contributed by atoms with Gasteiger partial charge in [-0.05, 0) is 50.3 Å². The Morgan fingerprint density at radius 3 is 2.54 bits per heavy atom. The molecule has 0 N–H and O–H groups in total. The molecule has 0 spiro atoms. The van der Waals surface area contributed by atoms with E-state index in [0.717, 1.165) is 38.0 Å². The Morgan fingerprint density at radius 2 is 1.85 bits per heavy atom. The maximum atomic E-state index is 13.1. The molecule has 0 radical (unpaired) electrons. The third kappa shape index (κ3) is 5.00. The fraction of sp³-hybridized carbons (Fsp3) is 0.682. The average molecular weight is 359 g/mol. The second-order valence-electron chi connectivity index (χ2n) is 7.72. The van der Waals surface area contributed by atoms with Crippen molar-refractivity contribution in [3.05, 3.63) is 24.3 Å². The number of amides is 1. The van der Waals surface area contributed by atoms with E-state index in [1.54, 1.807) is 7.11 Å². The maximum absolute atomic E-state index is 13.1. The highest BCUT2D eigenvalue weighted by Crippen LogP contribution is 2.31. The number of ether oxygens (including phenoxy) is 1. The SMILES string of the molecule is COCCCC(=O)N(c1cccc(N2CCCC2)c1)C1CCCCCC1. The summed E-state index contributed by atoms with van der Waals surface area (Å²) in [5, 5.41) is 0. The van der Waals surface area contributed by atoms with Crippen molar-refractivity contribution in [3.8, 4) is 0 Å². The van der Waals surface area contributed by atoms with E-state index >= 15 is 0 Å². The van der Waals surface area contributed by atoms with Crippen LogP contribution in [0.2, 0.25) is 0 Å². The lowest BCUT2D eigenvalue weighted by Crippen LogP contribution is -2.40. The van der Waals surface area contributed by atoms with Crippen LogP contribution in [0.15, 0.2) is 24.3 Å². The van der Waals surface area contributed by atoms with Crippen molar-refractivity contribution in [1.82, 2.24) is 0 Å². The molecule has 1 saturated carbocycles. The zero-order valence-corrected chi connectivity index (χ0v) is 16.3. The molecule has 1 amide bonds. The molecule has 2 fully saturated rings. The molecule has 4 nitrogen and oxygen atoms in total. The van der Waals surface area contributed by atoms with Gasteiger partial charge in [0.1, 0.15) is 0 Å². The number of hydrogen-bond donors (Lipinski definition) is 0. The van der Waals surface area contributed by atoms with E-state index in [9.17, 15) is 4.79 Å². The van der Waals surface area contributed by atoms with Crippen molar-refractivity contribution >= 4 is 17.3 Å². The smallest absolute Gasteiger partial charge is 0.227 e. The van der Waals surface area contributed by atoms with Gasteiger partial charge in [-0.1, -0.05) is 31.7 Å². The summed E-state index contributed by atoms with van der Waals surface area (Å²) in [6, 6.07) is 9.02. The number of benzene rings is 1. The summed E-state index contributed by atoms with van der Waals surface area (Å²) in [4.78, 5) is 17.7. The van der Waals surface area contributed by atoms with Gasteiger partial charge in [0, 0.05) is 50.6 Å². The summed E-state index contributed by atoms with van der Waals surface area (Å²) in [6.07, 6.45) is 11.2. The van der Waals surface area contributed by atoms with Gasteiger partial charge in [0.25, 0.3) is 0 Å². The quantitative estimate of drug-likeness (QED) is 0.520. The molecule has 3 rings (SSSR count). The minimum Gasteiger partial charge on any atom is -0.385 e. The minimum absolute atomic E-state index is 0.257. The van der Waals surface area contributed by atoms with E-state index in [1.165, 1.54) is 44.2 Å². The number of carbonyl (C=O) groups excluding carboxylic acids is 1. The van der Waals surface area contributed by atoms with E-state index in [2.05, 4.69) is 34.1 Å². The fourth-order valence-corrected chi connectivity index (χ4v) is 4.38. The topological polar surface area (TPSA) is 32.8 Å². The van der Waals surface area contributed by atoms with Crippen molar-refractivity contribution in [2.75, 3.05) is 36.6 Å². The number of carbonyl (C=O) groups is 1. The van der Waals surface area contributed by atoms with Crippen molar-refractivity contribution < 1.29 is 9.53 Å². The standard InChI is InChI=1S/C22H34N2O2/c1-26-17-9-14-22(25)24(19-10-4-2-3-5-11-19)21-13-8-12-20(18-21)23-15-6-7-16-23/h8,12-13,18-19H,2-7,9-11,14-17H2,1H3. The minimum atomic E-state index is 0.257. The molecular weight excluding hydrogens is 324 g/mol. The van der Waals surface area contributed by atoms with Crippen LogP contribution in [-0.2, 0) is 9.53 Å². The molecule has 0 unspecified atom stereocenters. The molecule has 144 valence electrons. The molecule has 4 heteroatoms. The lowest BCUT2D eigenvalue weighted by atomic mass is 10.0.